The second-order valence-electron chi connectivity index (χ2n) is 7.26. The van der Waals surface area contributed by atoms with Gasteiger partial charge in [-0.25, -0.2) is 0 Å². The summed E-state index contributed by atoms with van der Waals surface area (Å²) in [7, 11) is -18.0. The van der Waals surface area contributed by atoms with Gasteiger partial charge in [-0.3, -0.25) is 0 Å². The van der Waals surface area contributed by atoms with Crippen LogP contribution in [0.1, 0.15) is 57.8 Å². The zero-order chi connectivity index (χ0) is 26.2. The van der Waals surface area contributed by atoms with Crippen LogP contribution >= 0.6 is 0 Å². The molecule has 0 aliphatic carbocycles. The summed E-state index contributed by atoms with van der Waals surface area (Å²) in [6.07, 6.45) is 13.1. The highest BCUT2D eigenvalue weighted by molar-refractivity contribution is 6.50. The van der Waals surface area contributed by atoms with Crippen molar-refractivity contribution in [3.8, 4) is 0 Å². The van der Waals surface area contributed by atoms with Gasteiger partial charge in [-0.2, -0.15) is 0 Å². The summed E-state index contributed by atoms with van der Waals surface area (Å²) >= 11 is 0. The van der Waals surface area contributed by atoms with Crippen molar-refractivity contribution in [2.75, 3.05) is 39.3 Å². The minimum Gasteiger partial charge on any atom is -0.418 e. The van der Waals surface area contributed by atoms with Crippen LogP contribution in [0.25, 0.3) is 0 Å². The smallest absolute Gasteiger partial charge is 0.418 e. The summed E-state index contributed by atoms with van der Waals surface area (Å²) in [4.78, 5) is 0. The third kappa shape index (κ3) is 89.9. The minimum atomic E-state index is -6.00. The standard InChI is InChI=1S/3C5H11N.3BF4/c3*1-2-4-6-5-3-1;3*2-1(3,4)5/h3*6H,1-5H2;;;/q;;;3*-1/p+3. The Hall–Kier alpha value is -0.765. The molecule has 0 atom stereocenters. The molecule has 3 aliphatic rings. The Bertz CT molecular complexity index is 277. The van der Waals surface area contributed by atoms with E-state index in [1.165, 1.54) is 97.1 Å². The molecular formula is C15H36B3F12N3. The predicted octanol–water partition coefficient (Wildman–Crippen LogP) is 3.10. The Morgan fingerprint density at radius 1 is 0.273 bits per heavy atom. The van der Waals surface area contributed by atoms with Crippen molar-refractivity contribution in [3.05, 3.63) is 0 Å². The van der Waals surface area contributed by atoms with Gasteiger partial charge in [0.25, 0.3) is 0 Å². The monoisotopic (exact) mass is 519 g/mol. The van der Waals surface area contributed by atoms with Crippen LogP contribution in [-0.2, 0) is 0 Å². The second-order valence-corrected chi connectivity index (χ2v) is 7.26. The molecule has 3 fully saturated rings. The Labute approximate surface area is 187 Å². The highest BCUT2D eigenvalue weighted by Gasteiger charge is 2.21. The highest BCUT2D eigenvalue weighted by Crippen LogP contribution is 2.07. The molecule has 6 N–H and O–H groups in total. The second kappa shape index (κ2) is 23.0. The van der Waals surface area contributed by atoms with Gasteiger partial charge in [0.15, 0.2) is 0 Å². The van der Waals surface area contributed by atoms with Crippen LogP contribution in [0.3, 0.4) is 0 Å². The van der Waals surface area contributed by atoms with Crippen LogP contribution in [0, 0.1) is 0 Å². The van der Waals surface area contributed by atoms with Crippen molar-refractivity contribution in [3.63, 3.8) is 0 Å². The number of hydrogen-bond donors (Lipinski definition) is 3. The molecule has 3 saturated heterocycles. The van der Waals surface area contributed by atoms with Crippen molar-refractivity contribution in [1.82, 2.24) is 0 Å². The maximum atomic E-state index is 9.75. The quantitative estimate of drug-likeness (QED) is 0.326. The minimum absolute atomic E-state index is 1.38. The Kier molecular flexibility index (Phi) is 25.6. The summed E-state index contributed by atoms with van der Waals surface area (Å²) in [6.45, 7) is 8.25. The van der Waals surface area contributed by atoms with Crippen molar-refractivity contribution in [1.29, 1.82) is 0 Å². The van der Waals surface area contributed by atoms with Gasteiger partial charge in [0, 0.05) is 0 Å². The maximum Gasteiger partial charge on any atom is 0.673 e. The van der Waals surface area contributed by atoms with Crippen LogP contribution in [0.5, 0.6) is 0 Å². The lowest BCUT2D eigenvalue weighted by Gasteiger charge is -2.05. The van der Waals surface area contributed by atoms with E-state index < -0.39 is 21.8 Å². The Balaban J connectivity index is -0.000000329. The normalized spacial score (nSPS) is 18.5. The largest absolute Gasteiger partial charge is 0.673 e. The first-order chi connectivity index (χ1) is 15.0. The molecule has 0 radical (unpaired) electrons. The summed E-state index contributed by atoms with van der Waals surface area (Å²) in [6, 6.07) is 0. The van der Waals surface area contributed by atoms with Crippen LogP contribution in [0.4, 0.5) is 51.8 Å². The molecule has 0 unspecified atom stereocenters. The summed E-state index contributed by atoms with van der Waals surface area (Å²) in [5, 5.41) is 7.18. The molecule has 0 aromatic rings. The highest BCUT2D eigenvalue weighted by atomic mass is 19.5. The third-order valence-electron chi connectivity index (χ3n) is 3.95. The number of rotatable bonds is 0. The van der Waals surface area contributed by atoms with Crippen molar-refractivity contribution < 1.29 is 67.7 Å². The molecule has 0 aromatic heterocycles. The molecule has 3 rings (SSSR count). The molecule has 0 spiro atoms. The molecular weight excluding hydrogens is 483 g/mol. The van der Waals surface area contributed by atoms with Gasteiger partial charge in [0.05, 0.1) is 39.3 Å². The van der Waals surface area contributed by atoms with E-state index in [2.05, 4.69) is 16.0 Å². The molecule has 3 aliphatic heterocycles. The van der Waals surface area contributed by atoms with Crippen molar-refractivity contribution in [2.45, 2.75) is 57.8 Å². The van der Waals surface area contributed by atoms with Crippen LogP contribution < -0.4 is 16.0 Å². The van der Waals surface area contributed by atoms with Crippen molar-refractivity contribution >= 4 is 21.8 Å². The average molecular weight is 519 g/mol. The lowest BCUT2D eigenvalue weighted by molar-refractivity contribution is -0.662. The van der Waals surface area contributed by atoms with E-state index in [9.17, 15) is 51.8 Å². The fourth-order valence-electron chi connectivity index (χ4n) is 2.70. The zero-order valence-corrected chi connectivity index (χ0v) is 18.6. The van der Waals surface area contributed by atoms with E-state index in [0.717, 1.165) is 0 Å². The zero-order valence-electron chi connectivity index (χ0n) is 18.6. The summed E-state index contributed by atoms with van der Waals surface area (Å²) < 4.78 is 117. The molecule has 18 heteroatoms. The van der Waals surface area contributed by atoms with E-state index in [0.29, 0.717) is 0 Å². The number of nitrogens with two attached hydrogens (primary N) is 3. The predicted molar refractivity (Wildman–Crippen MR) is 107 cm³/mol. The first-order valence-corrected chi connectivity index (χ1v) is 11.1. The molecule has 204 valence electrons. The molecule has 3 heterocycles. The molecule has 0 amide bonds. The van der Waals surface area contributed by atoms with Crippen LogP contribution in [0.2, 0.25) is 0 Å². The lowest BCUT2D eigenvalue weighted by atomic mass is 10.2. The van der Waals surface area contributed by atoms with E-state index in [-0.39, 0.29) is 0 Å². The number of piperidine rings is 3. The van der Waals surface area contributed by atoms with Gasteiger partial charge in [-0.15, -0.1) is 0 Å². The first kappa shape index (κ1) is 36.8. The Morgan fingerprint density at radius 3 is 0.424 bits per heavy atom. The fraction of sp³-hybridized carbons (Fsp3) is 1.00. The fourth-order valence-corrected chi connectivity index (χ4v) is 2.70. The van der Waals surface area contributed by atoms with E-state index in [1.54, 1.807) is 0 Å². The van der Waals surface area contributed by atoms with Gasteiger partial charge in [-0.05, 0) is 57.8 Å². The Morgan fingerprint density at radius 2 is 0.394 bits per heavy atom. The molecule has 0 aromatic carbocycles. The molecule has 0 bridgehead atoms. The van der Waals surface area contributed by atoms with Gasteiger partial charge >= 0.3 is 21.8 Å². The molecule has 33 heavy (non-hydrogen) atoms. The summed E-state index contributed by atoms with van der Waals surface area (Å²) in [5.41, 5.74) is 0. The topological polar surface area (TPSA) is 49.8 Å². The lowest BCUT2D eigenvalue weighted by Crippen LogP contribution is -2.85. The van der Waals surface area contributed by atoms with E-state index in [4.69, 9.17) is 0 Å². The van der Waals surface area contributed by atoms with Gasteiger partial charge in [-0.1, -0.05) is 0 Å². The summed E-state index contributed by atoms with van der Waals surface area (Å²) in [5.74, 6) is 0. The van der Waals surface area contributed by atoms with Gasteiger partial charge in [0.1, 0.15) is 0 Å². The average Bonchev–Trinajstić information content (AvgIpc) is 2.69. The first-order valence-electron chi connectivity index (χ1n) is 11.1. The molecule has 3 nitrogen and oxygen atoms in total. The van der Waals surface area contributed by atoms with Crippen LogP contribution in [0.15, 0.2) is 0 Å². The van der Waals surface area contributed by atoms with E-state index >= 15 is 0 Å². The number of halogens is 12. The SMILES string of the molecule is C1CC[NH2+]CC1.C1CC[NH2+]CC1.C1CC[NH2+]CC1.F[B-](F)(F)F.F[B-](F)(F)F.F[B-](F)(F)F. The third-order valence-corrected chi connectivity index (χ3v) is 3.95. The maximum absolute atomic E-state index is 9.75. The van der Waals surface area contributed by atoms with Gasteiger partial charge < -0.3 is 67.7 Å². The molecule has 0 saturated carbocycles. The van der Waals surface area contributed by atoms with E-state index in [1.807, 2.05) is 0 Å². The van der Waals surface area contributed by atoms with Crippen LogP contribution in [-0.4, -0.2) is 61.0 Å². The van der Waals surface area contributed by atoms with Gasteiger partial charge in [0.2, 0.25) is 0 Å². The van der Waals surface area contributed by atoms with Crippen molar-refractivity contribution in [2.24, 2.45) is 0 Å². The number of quaternary nitrogens is 3. The number of hydrogen-bond acceptors (Lipinski definition) is 0.